The van der Waals surface area contributed by atoms with Gasteiger partial charge in [-0.05, 0) is 29.8 Å². The highest BCUT2D eigenvalue weighted by Gasteiger charge is 2.18. The molecule has 1 aromatic heterocycles. The molecule has 0 unspecified atom stereocenters. The Morgan fingerprint density at radius 2 is 2.12 bits per heavy atom. The van der Waals surface area contributed by atoms with Gasteiger partial charge in [0.25, 0.3) is 5.24 Å². The van der Waals surface area contributed by atoms with Crippen LogP contribution in [0.4, 0.5) is 0 Å². The molecule has 1 aromatic carbocycles. The molecule has 2 aromatic rings. The van der Waals surface area contributed by atoms with E-state index in [2.05, 4.69) is 0 Å². The lowest BCUT2D eigenvalue weighted by Gasteiger charge is -2.00. The summed E-state index contributed by atoms with van der Waals surface area (Å²) in [4.78, 5) is 11.3. The lowest BCUT2D eigenvalue weighted by Crippen LogP contribution is -1.90. The van der Waals surface area contributed by atoms with Crippen molar-refractivity contribution in [2.75, 3.05) is 7.11 Å². The summed E-state index contributed by atoms with van der Waals surface area (Å²) in [5.74, 6) is 0.661. The number of hydrogen-bond acceptors (Lipinski definition) is 2. The Kier molecular flexibility index (Phi) is 2.82. The maximum Gasteiger partial charge on any atom is 0.256 e. The van der Waals surface area contributed by atoms with Gasteiger partial charge >= 0.3 is 0 Å². The number of benzene rings is 1. The molecule has 0 saturated heterocycles. The number of halogens is 2. The van der Waals surface area contributed by atoms with Crippen molar-refractivity contribution in [3.05, 3.63) is 28.9 Å². The summed E-state index contributed by atoms with van der Waals surface area (Å²) in [6, 6.07) is 5.39. The van der Waals surface area contributed by atoms with Gasteiger partial charge in [-0.15, -0.1) is 0 Å². The van der Waals surface area contributed by atoms with Crippen molar-refractivity contribution in [2.45, 2.75) is 0 Å². The largest absolute Gasteiger partial charge is 0.497 e. The highest BCUT2D eigenvalue weighted by molar-refractivity contribution is 6.69. The third kappa shape index (κ3) is 1.56. The smallest absolute Gasteiger partial charge is 0.256 e. The molecule has 0 atom stereocenters. The maximum absolute atomic E-state index is 11.3. The summed E-state index contributed by atoms with van der Waals surface area (Å²) >= 11 is 11.6. The van der Waals surface area contributed by atoms with Gasteiger partial charge in [-0.1, -0.05) is 11.6 Å². The zero-order valence-electron chi connectivity index (χ0n) is 8.75. The molecule has 0 aliphatic heterocycles. The average Bonchev–Trinajstić information content (AvgIpc) is 2.51. The predicted octanol–water partition coefficient (Wildman–Crippen LogP) is 3.22. The van der Waals surface area contributed by atoms with Gasteiger partial charge in [-0.25, -0.2) is 0 Å². The van der Waals surface area contributed by atoms with E-state index in [4.69, 9.17) is 27.9 Å². The van der Waals surface area contributed by atoms with Gasteiger partial charge in [0, 0.05) is 18.0 Å². The van der Waals surface area contributed by atoms with Crippen LogP contribution >= 0.6 is 23.2 Å². The molecule has 0 fully saturated rings. The number of fused-ring (bicyclic) bond motifs is 1. The molecule has 84 valence electrons. The van der Waals surface area contributed by atoms with E-state index >= 15 is 0 Å². The number of aryl methyl sites for hydroxylation is 1. The number of rotatable bonds is 2. The molecular formula is C11H9Cl2NO2. The van der Waals surface area contributed by atoms with Crippen molar-refractivity contribution in [3.8, 4) is 5.75 Å². The van der Waals surface area contributed by atoms with Crippen LogP contribution in [0.2, 0.25) is 5.15 Å². The number of hydrogen-bond donors (Lipinski definition) is 0. The Morgan fingerprint density at radius 1 is 1.44 bits per heavy atom. The molecular weight excluding hydrogens is 249 g/mol. The van der Waals surface area contributed by atoms with Crippen molar-refractivity contribution in [1.29, 1.82) is 0 Å². The molecule has 5 heteroatoms. The molecule has 2 rings (SSSR count). The zero-order chi connectivity index (χ0) is 11.9. The van der Waals surface area contributed by atoms with E-state index in [-0.39, 0.29) is 0 Å². The van der Waals surface area contributed by atoms with Crippen LogP contribution in [-0.2, 0) is 7.05 Å². The fraction of sp³-hybridized carbons (Fsp3) is 0.182. The molecule has 3 nitrogen and oxygen atoms in total. The van der Waals surface area contributed by atoms with Gasteiger partial charge in [0.2, 0.25) is 0 Å². The monoisotopic (exact) mass is 257 g/mol. The van der Waals surface area contributed by atoms with Crippen molar-refractivity contribution in [3.63, 3.8) is 0 Å². The first-order valence-electron chi connectivity index (χ1n) is 4.58. The number of ether oxygens (including phenoxy) is 1. The fourth-order valence-corrected chi connectivity index (χ4v) is 2.22. The van der Waals surface area contributed by atoms with E-state index in [9.17, 15) is 4.79 Å². The van der Waals surface area contributed by atoms with Gasteiger partial charge in [0.1, 0.15) is 10.9 Å². The Labute approximate surface area is 103 Å². The molecule has 0 spiro atoms. The van der Waals surface area contributed by atoms with Crippen LogP contribution < -0.4 is 4.74 Å². The summed E-state index contributed by atoms with van der Waals surface area (Å²) in [6.45, 7) is 0. The molecule has 0 bridgehead atoms. The molecule has 0 aliphatic rings. The standard InChI is InChI=1S/C11H9Cl2NO2/c1-14-8-4-3-6(16-2)5-7(8)9(10(14)12)11(13)15/h3-5H,1-2H3. The van der Waals surface area contributed by atoms with E-state index in [1.807, 2.05) is 6.07 Å². The topological polar surface area (TPSA) is 31.2 Å². The maximum atomic E-state index is 11.3. The summed E-state index contributed by atoms with van der Waals surface area (Å²) in [6.07, 6.45) is 0. The Bertz CT molecular complexity index is 575. The van der Waals surface area contributed by atoms with Crippen LogP contribution in [0, 0.1) is 0 Å². The minimum absolute atomic E-state index is 0.319. The normalized spacial score (nSPS) is 10.8. The molecule has 0 N–H and O–H groups in total. The van der Waals surface area contributed by atoms with Crippen LogP contribution in [-0.4, -0.2) is 16.9 Å². The number of carbonyl (C=O) groups is 1. The SMILES string of the molecule is COc1ccc2c(c1)c(C(=O)Cl)c(Cl)n2C. The molecule has 0 saturated carbocycles. The van der Waals surface area contributed by atoms with Crippen LogP contribution in [0.5, 0.6) is 5.75 Å². The lowest BCUT2D eigenvalue weighted by molar-refractivity contribution is 0.108. The second-order valence-corrected chi connectivity index (χ2v) is 4.08. The van der Waals surface area contributed by atoms with Crippen molar-refractivity contribution in [2.24, 2.45) is 7.05 Å². The van der Waals surface area contributed by atoms with Gasteiger partial charge in [0.05, 0.1) is 12.7 Å². The van der Waals surface area contributed by atoms with Gasteiger partial charge < -0.3 is 9.30 Å². The third-order valence-corrected chi connectivity index (χ3v) is 3.16. The van der Waals surface area contributed by atoms with Gasteiger partial charge in [0.15, 0.2) is 0 Å². The summed E-state index contributed by atoms with van der Waals surface area (Å²) in [7, 11) is 3.34. The molecule has 1 heterocycles. The average molecular weight is 258 g/mol. The van der Waals surface area contributed by atoms with Crippen LogP contribution in [0.3, 0.4) is 0 Å². The summed E-state index contributed by atoms with van der Waals surface area (Å²) in [5, 5.41) is 0.471. The van der Waals surface area contributed by atoms with Crippen molar-refractivity contribution < 1.29 is 9.53 Å². The first-order chi connectivity index (χ1) is 7.56. The van der Waals surface area contributed by atoms with Crippen molar-refractivity contribution in [1.82, 2.24) is 4.57 Å². The van der Waals surface area contributed by atoms with Crippen molar-refractivity contribution >= 4 is 39.3 Å². The zero-order valence-corrected chi connectivity index (χ0v) is 10.3. The highest BCUT2D eigenvalue weighted by Crippen LogP contribution is 2.32. The second kappa shape index (κ2) is 4.00. The third-order valence-electron chi connectivity index (χ3n) is 2.53. The molecule has 16 heavy (non-hydrogen) atoms. The minimum Gasteiger partial charge on any atom is -0.497 e. The highest BCUT2D eigenvalue weighted by atomic mass is 35.5. The van der Waals surface area contributed by atoms with E-state index in [0.717, 1.165) is 5.52 Å². The number of nitrogens with zero attached hydrogens (tertiary/aromatic N) is 1. The fourth-order valence-electron chi connectivity index (χ4n) is 1.71. The quantitative estimate of drug-likeness (QED) is 0.774. The van der Waals surface area contributed by atoms with Crippen LogP contribution in [0.25, 0.3) is 10.9 Å². The number of aromatic nitrogens is 1. The van der Waals surface area contributed by atoms with E-state index in [1.54, 1.807) is 30.9 Å². The summed E-state index contributed by atoms with van der Waals surface area (Å²) in [5.41, 5.74) is 1.16. The second-order valence-electron chi connectivity index (χ2n) is 3.38. The Hall–Kier alpha value is -1.19. The first-order valence-corrected chi connectivity index (χ1v) is 5.33. The van der Waals surface area contributed by atoms with E-state index in [1.165, 1.54) is 0 Å². The summed E-state index contributed by atoms with van der Waals surface area (Å²) < 4.78 is 6.81. The first kappa shape index (κ1) is 11.3. The number of carbonyl (C=O) groups excluding carboxylic acids is 1. The van der Waals surface area contributed by atoms with Gasteiger partial charge in [-0.3, -0.25) is 4.79 Å². The van der Waals surface area contributed by atoms with Gasteiger partial charge in [-0.2, -0.15) is 0 Å². The Morgan fingerprint density at radius 3 is 2.69 bits per heavy atom. The lowest BCUT2D eigenvalue weighted by atomic mass is 10.2. The Balaban J connectivity index is 2.86. The molecule has 0 amide bonds. The van der Waals surface area contributed by atoms with Crippen LogP contribution in [0.15, 0.2) is 18.2 Å². The molecule has 0 radical (unpaired) electrons. The van der Waals surface area contributed by atoms with Crippen LogP contribution in [0.1, 0.15) is 10.4 Å². The predicted molar refractivity (Wildman–Crippen MR) is 64.7 cm³/mol. The van der Waals surface area contributed by atoms with E-state index < -0.39 is 5.24 Å². The number of methoxy groups -OCH3 is 1. The van der Waals surface area contributed by atoms with E-state index in [0.29, 0.717) is 21.9 Å². The molecule has 0 aliphatic carbocycles. The minimum atomic E-state index is -0.566.